The number of amides is 2. The molecule has 0 aliphatic carbocycles. The van der Waals surface area contributed by atoms with E-state index in [4.69, 9.17) is 0 Å². The van der Waals surface area contributed by atoms with Crippen molar-refractivity contribution < 1.29 is 17.6 Å². The average molecular weight is 398 g/mol. The van der Waals surface area contributed by atoms with Crippen LogP contribution in [0, 0.1) is 6.92 Å². The number of aromatic nitrogens is 2. The second kappa shape index (κ2) is 8.05. The highest BCUT2D eigenvalue weighted by atomic mass is 32.2. The molecule has 0 fully saturated rings. The highest BCUT2D eigenvalue weighted by Gasteiger charge is 2.27. The minimum atomic E-state index is -4.17. The van der Waals surface area contributed by atoms with Gasteiger partial charge >= 0.3 is 6.03 Å². The molecule has 2 amide bonds. The van der Waals surface area contributed by atoms with Crippen LogP contribution in [0.4, 0.5) is 15.1 Å². The highest BCUT2D eigenvalue weighted by molar-refractivity contribution is 7.90. The zero-order valence-corrected chi connectivity index (χ0v) is 16.6. The lowest BCUT2D eigenvalue weighted by Gasteiger charge is -2.19. The molecule has 2 atom stereocenters. The first-order valence-electron chi connectivity index (χ1n) is 7.82. The lowest BCUT2D eigenvalue weighted by molar-refractivity contribution is 0.252. The van der Waals surface area contributed by atoms with E-state index in [0.717, 1.165) is 4.90 Å². The Morgan fingerprint density at radius 2 is 2.04 bits per heavy atom. The monoisotopic (exact) mass is 398 g/mol. The van der Waals surface area contributed by atoms with Crippen LogP contribution in [0.1, 0.15) is 30.8 Å². The third-order valence-corrected chi connectivity index (χ3v) is 6.60. The summed E-state index contributed by atoms with van der Waals surface area (Å²) in [5, 5.41) is 0.400. The minimum absolute atomic E-state index is 0.0725. The molecule has 0 aromatic carbocycles. The summed E-state index contributed by atoms with van der Waals surface area (Å²) in [5.41, 5.74) is 0.637. The summed E-state index contributed by atoms with van der Waals surface area (Å²) in [4.78, 5) is 21.3. The number of nitrogens with one attached hydrogen (secondary N) is 1. The van der Waals surface area contributed by atoms with Crippen molar-refractivity contribution in [3.05, 3.63) is 41.2 Å². The van der Waals surface area contributed by atoms with Crippen LogP contribution < -0.4 is 9.62 Å². The van der Waals surface area contributed by atoms with Gasteiger partial charge in [-0.15, -0.1) is 0 Å². The number of urea groups is 1. The van der Waals surface area contributed by atoms with Crippen molar-refractivity contribution in [3.63, 3.8) is 0 Å². The van der Waals surface area contributed by atoms with E-state index in [2.05, 4.69) is 9.97 Å². The number of anilines is 1. The summed E-state index contributed by atoms with van der Waals surface area (Å²) in [6.07, 6.45) is 0.251. The normalized spacial score (nSPS) is 14.0. The molecule has 0 spiro atoms. The zero-order chi connectivity index (χ0) is 19.5. The van der Waals surface area contributed by atoms with Crippen molar-refractivity contribution in [3.8, 4) is 0 Å². The highest BCUT2D eigenvalue weighted by Crippen LogP contribution is 2.33. The molecule has 7 nitrogen and oxygen atoms in total. The molecule has 0 saturated carbocycles. The van der Waals surface area contributed by atoms with Crippen molar-refractivity contribution in [1.82, 2.24) is 14.7 Å². The SMILES string of the molecule is Cc1ccnc(N(C)C(=O)NS(=O)(=O)c2cccpc2[C@@H](C)[C@H](C)F)n1. The van der Waals surface area contributed by atoms with Crippen molar-refractivity contribution in [2.75, 3.05) is 11.9 Å². The molecule has 0 aliphatic rings. The Balaban J connectivity index is 2.30. The van der Waals surface area contributed by atoms with Gasteiger partial charge in [0.2, 0.25) is 5.95 Å². The van der Waals surface area contributed by atoms with Crippen molar-refractivity contribution in [1.29, 1.82) is 0 Å². The number of aryl methyl sites for hydroxylation is 1. The Hall–Kier alpha value is -2.12. The predicted molar refractivity (Wildman–Crippen MR) is 98.8 cm³/mol. The van der Waals surface area contributed by atoms with Crippen LogP contribution in [0.15, 0.2) is 35.1 Å². The smallest absolute Gasteiger partial charge is 0.265 e. The second-order valence-electron chi connectivity index (χ2n) is 5.82. The molecule has 2 aromatic rings. The Bertz CT molecular complexity index is 908. The van der Waals surface area contributed by atoms with Crippen LogP contribution in [0.2, 0.25) is 0 Å². The maximum atomic E-state index is 13.7. The van der Waals surface area contributed by atoms with E-state index < -0.39 is 28.1 Å². The van der Waals surface area contributed by atoms with Gasteiger partial charge in [0.15, 0.2) is 0 Å². The standard InChI is InChI=1S/C16H20FN4O3PS/c1-10-7-8-18-15(19-10)21(4)16(22)20-26(23,24)13-6-5-9-25-14(13)11(2)12(3)17/h5-9,11-12H,1-4H3,(H,20,22)/t11-,12-/m0/s1. The molecule has 1 N–H and O–H groups in total. The lowest BCUT2D eigenvalue weighted by atomic mass is 10.1. The van der Waals surface area contributed by atoms with E-state index in [1.807, 2.05) is 4.72 Å². The Morgan fingerprint density at radius 1 is 1.35 bits per heavy atom. The first-order valence-corrected chi connectivity index (χ1v) is 10.3. The van der Waals surface area contributed by atoms with Crippen molar-refractivity contribution >= 4 is 30.2 Å². The molecule has 2 heterocycles. The zero-order valence-electron chi connectivity index (χ0n) is 14.8. The first-order chi connectivity index (χ1) is 12.1. The summed E-state index contributed by atoms with van der Waals surface area (Å²) in [6.45, 7) is 4.72. The molecule has 10 heteroatoms. The maximum absolute atomic E-state index is 13.7. The number of hydrogen-bond donors (Lipinski definition) is 1. The van der Waals surface area contributed by atoms with Crippen molar-refractivity contribution in [2.45, 2.75) is 37.8 Å². The Morgan fingerprint density at radius 3 is 2.65 bits per heavy atom. The number of hydrogen-bond acceptors (Lipinski definition) is 5. The number of carbonyl (C=O) groups is 1. The topological polar surface area (TPSA) is 92.3 Å². The Kier molecular flexibility index (Phi) is 6.26. The van der Waals surface area contributed by atoms with Crippen LogP contribution in [0.3, 0.4) is 0 Å². The quantitative estimate of drug-likeness (QED) is 0.834. The van der Waals surface area contributed by atoms with Gasteiger partial charge in [0, 0.05) is 30.2 Å². The molecule has 140 valence electrons. The van der Waals surface area contributed by atoms with Crippen LogP contribution in [-0.4, -0.2) is 37.6 Å². The summed E-state index contributed by atoms with van der Waals surface area (Å²) < 4.78 is 41.1. The van der Waals surface area contributed by atoms with Gasteiger partial charge < -0.3 is 0 Å². The molecule has 0 bridgehead atoms. The molecule has 2 rings (SSSR count). The van der Waals surface area contributed by atoms with Crippen molar-refractivity contribution in [2.24, 2.45) is 0 Å². The molecule has 2 aromatic heterocycles. The van der Waals surface area contributed by atoms with Gasteiger partial charge in [-0.25, -0.2) is 32.3 Å². The molecule has 0 aliphatic heterocycles. The molecular weight excluding hydrogens is 378 g/mol. The largest absolute Gasteiger partial charge is 0.337 e. The fourth-order valence-corrected chi connectivity index (χ4v) is 4.81. The molecule has 26 heavy (non-hydrogen) atoms. The fourth-order valence-electron chi connectivity index (χ4n) is 2.12. The number of sulfonamides is 1. The predicted octanol–water partition coefficient (Wildman–Crippen LogP) is 3.36. The first kappa shape index (κ1) is 20.2. The molecular formula is C16H20FN4O3PS. The summed E-state index contributed by atoms with van der Waals surface area (Å²) in [7, 11) is -2.22. The van der Waals surface area contributed by atoms with Crippen LogP contribution in [0.25, 0.3) is 0 Å². The van der Waals surface area contributed by atoms with Gasteiger partial charge in [-0.3, -0.25) is 4.90 Å². The number of nitrogens with zero attached hydrogens (tertiary/aromatic N) is 3. The number of halogens is 1. The van der Waals surface area contributed by atoms with E-state index in [-0.39, 0.29) is 10.8 Å². The van der Waals surface area contributed by atoms with E-state index in [0.29, 0.717) is 19.2 Å². The molecule has 0 unspecified atom stereocenters. The number of alkyl halides is 1. The number of carbonyl (C=O) groups excluding carboxylic acids is 1. The summed E-state index contributed by atoms with van der Waals surface area (Å²) >= 11 is 0. The number of rotatable bonds is 5. The second-order valence-corrected chi connectivity index (χ2v) is 8.51. The van der Waals surface area contributed by atoms with E-state index in [1.54, 1.807) is 31.8 Å². The van der Waals surface area contributed by atoms with Crippen LogP contribution in [0.5, 0.6) is 0 Å². The van der Waals surface area contributed by atoms with Gasteiger partial charge in [0.1, 0.15) is 6.17 Å². The third-order valence-electron chi connectivity index (χ3n) is 3.82. The Labute approximate surface area is 153 Å². The van der Waals surface area contributed by atoms with Gasteiger partial charge in [0.05, 0.1) is 4.90 Å². The molecule has 0 radical (unpaired) electrons. The third kappa shape index (κ3) is 4.53. The summed E-state index contributed by atoms with van der Waals surface area (Å²) in [5.74, 6) is 1.20. The van der Waals surface area contributed by atoms with E-state index in [9.17, 15) is 17.6 Å². The fraction of sp³-hybridized carbons (Fsp3) is 0.375. The van der Waals surface area contributed by atoms with E-state index in [1.165, 1.54) is 26.2 Å². The molecule has 0 saturated heterocycles. The average Bonchev–Trinajstić information content (AvgIpc) is 2.59. The summed E-state index contributed by atoms with van der Waals surface area (Å²) in [6, 6.07) is 3.68. The van der Waals surface area contributed by atoms with E-state index >= 15 is 0 Å². The van der Waals surface area contributed by atoms with Gasteiger partial charge in [-0.1, -0.05) is 21.2 Å². The minimum Gasteiger partial charge on any atom is -0.265 e. The van der Waals surface area contributed by atoms with Gasteiger partial charge in [0.25, 0.3) is 10.0 Å². The van der Waals surface area contributed by atoms with Gasteiger partial charge in [-0.05, 0) is 31.8 Å². The van der Waals surface area contributed by atoms with Crippen LogP contribution >= 0.6 is 8.19 Å². The lowest BCUT2D eigenvalue weighted by Crippen LogP contribution is -2.41. The van der Waals surface area contributed by atoms with Crippen LogP contribution in [-0.2, 0) is 10.0 Å². The van der Waals surface area contributed by atoms with Gasteiger partial charge in [-0.2, -0.15) is 0 Å². The maximum Gasteiger partial charge on any atom is 0.337 e.